The summed E-state index contributed by atoms with van der Waals surface area (Å²) in [6.07, 6.45) is 8.30. The average molecular weight is 353 g/mol. The van der Waals surface area contributed by atoms with Crippen LogP contribution in [0.25, 0.3) is 0 Å². The molecule has 0 aromatic rings. The smallest absolute Gasteiger partial charge is 0.244 e. The third kappa shape index (κ3) is 8.69. The molecule has 0 radical (unpaired) electrons. The molecule has 2 unspecified atom stereocenters. The summed E-state index contributed by atoms with van der Waals surface area (Å²) in [4.78, 5) is 16.5. The van der Waals surface area contributed by atoms with E-state index in [0.717, 1.165) is 35.6 Å². The first-order valence-electron chi connectivity index (χ1n) is 8.70. The minimum Gasteiger partial charge on any atom is -0.393 e. The van der Waals surface area contributed by atoms with Gasteiger partial charge in [0.1, 0.15) is 0 Å². The van der Waals surface area contributed by atoms with Gasteiger partial charge in [-0.15, -0.1) is 11.8 Å². The molecule has 0 spiro atoms. The van der Waals surface area contributed by atoms with Crippen LogP contribution in [0.1, 0.15) is 60.3 Å². The number of aliphatic imine (C=N–C) groups is 1. The molecule has 1 fully saturated rings. The Morgan fingerprint density at radius 2 is 2.04 bits per heavy atom. The molecular weight excluding hydrogens is 320 g/mol. The highest BCUT2D eigenvalue weighted by molar-refractivity contribution is 8.03. The van der Waals surface area contributed by atoms with E-state index in [1.165, 1.54) is 0 Å². The van der Waals surface area contributed by atoms with Crippen LogP contribution >= 0.6 is 11.8 Å². The number of carbonyl (C=O) groups is 1. The van der Waals surface area contributed by atoms with E-state index < -0.39 is 0 Å². The predicted octanol–water partition coefficient (Wildman–Crippen LogP) is 4.06. The molecular formula is C19H32N2O2S. The van der Waals surface area contributed by atoms with E-state index in [4.69, 9.17) is 0 Å². The molecule has 1 rings (SSSR count). The van der Waals surface area contributed by atoms with Crippen molar-refractivity contribution in [2.75, 3.05) is 5.75 Å². The van der Waals surface area contributed by atoms with E-state index in [0.29, 0.717) is 6.42 Å². The lowest BCUT2D eigenvalue weighted by Gasteiger charge is -2.26. The Labute approximate surface area is 150 Å². The van der Waals surface area contributed by atoms with Gasteiger partial charge < -0.3 is 10.4 Å². The molecule has 0 saturated heterocycles. The fourth-order valence-electron chi connectivity index (χ4n) is 2.47. The maximum atomic E-state index is 12.1. The first-order chi connectivity index (χ1) is 11.2. The number of carbonyl (C=O) groups excluding carboxylic acids is 1. The number of hydrogen-bond acceptors (Lipinski definition) is 4. The number of allylic oxidation sites excluding steroid dienone is 2. The third-order valence-corrected chi connectivity index (χ3v) is 5.41. The van der Waals surface area contributed by atoms with Crippen LogP contribution in [0.3, 0.4) is 0 Å². The van der Waals surface area contributed by atoms with Crippen molar-refractivity contribution in [2.45, 2.75) is 72.4 Å². The molecule has 1 aliphatic carbocycles. The van der Waals surface area contributed by atoms with Gasteiger partial charge in [0.05, 0.1) is 11.1 Å². The van der Waals surface area contributed by atoms with Gasteiger partial charge >= 0.3 is 0 Å². The Hall–Kier alpha value is -1.07. The zero-order chi connectivity index (χ0) is 18.2. The molecule has 2 N–H and O–H groups in total. The molecule has 0 aromatic heterocycles. The molecule has 0 heterocycles. The number of aliphatic hydroxyl groups excluding tert-OH is 1. The van der Waals surface area contributed by atoms with Crippen molar-refractivity contribution in [3.8, 4) is 0 Å². The van der Waals surface area contributed by atoms with Crippen molar-refractivity contribution >= 4 is 23.9 Å². The second kappa shape index (κ2) is 10.0. The van der Waals surface area contributed by atoms with Gasteiger partial charge in [-0.3, -0.25) is 9.79 Å². The van der Waals surface area contributed by atoms with Crippen molar-refractivity contribution in [1.29, 1.82) is 0 Å². The Morgan fingerprint density at radius 3 is 2.62 bits per heavy atom. The minimum atomic E-state index is -0.283. The topological polar surface area (TPSA) is 61.7 Å². The van der Waals surface area contributed by atoms with Crippen molar-refractivity contribution in [3.63, 3.8) is 0 Å². The van der Waals surface area contributed by atoms with Crippen LogP contribution in [0.2, 0.25) is 0 Å². The first kappa shape index (κ1) is 21.0. The number of aliphatic hydroxyl groups is 1. The molecule has 1 amide bonds. The summed E-state index contributed by atoms with van der Waals surface area (Å²) in [5.74, 6) is 0.867. The molecule has 0 aliphatic heterocycles. The van der Waals surface area contributed by atoms with Crippen LogP contribution < -0.4 is 5.32 Å². The van der Waals surface area contributed by atoms with E-state index in [1.807, 2.05) is 19.9 Å². The lowest BCUT2D eigenvalue weighted by Crippen LogP contribution is -2.38. The lowest BCUT2D eigenvalue weighted by atomic mass is 9.93. The molecule has 0 aromatic carbocycles. The first-order valence-corrected chi connectivity index (χ1v) is 9.69. The van der Waals surface area contributed by atoms with Gasteiger partial charge in [-0.25, -0.2) is 0 Å². The fraction of sp³-hybridized carbons (Fsp3) is 0.684. The van der Waals surface area contributed by atoms with Gasteiger partial charge in [0.25, 0.3) is 0 Å². The van der Waals surface area contributed by atoms with Gasteiger partial charge in [-0.2, -0.15) is 0 Å². The highest BCUT2D eigenvalue weighted by atomic mass is 32.2. The van der Waals surface area contributed by atoms with Gasteiger partial charge in [-0.1, -0.05) is 26.8 Å². The third-order valence-electron chi connectivity index (χ3n) is 3.70. The van der Waals surface area contributed by atoms with E-state index >= 15 is 0 Å². The minimum absolute atomic E-state index is 0.0820. The quantitative estimate of drug-likeness (QED) is 0.430. The summed E-state index contributed by atoms with van der Waals surface area (Å²) < 4.78 is 0. The number of hydrogen-bond donors (Lipinski definition) is 2. The number of amides is 1. The molecule has 4 nitrogen and oxygen atoms in total. The van der Waals surface area contributed by atoms with Crippen molar-refractivity contribution in [3.05, 3.63) is 22.8 Å². The Bertz CT molecular complexity index is 504. The normalized spacial score (nSPS) is 23.6. The van der Waals surface area contributed by atoms with Crippen LogP contribution in [-0.4, -0.2) is 35.1 Å². The summed E-state index contributed by atoms with van der Waals surface area (Å²) in [6, 6.07) is 0.0820. The monoisotopic (exact) mass is 352 g/mol. The summed E-state index contributed by atoms with van der Waals surface area (Å²) in [5, 5.41) is 13.6. The fourth-order valence-corrected chi connectivity index (χ4v) is 3.52. The van der Waals surface area contributed by atoms with Gasteiger partial charge in [0.15, 0.2) is 0 Å². The Kier molecular flexibility index (Phi) is 8.78. The highest BCUT2D eigenvalue weighted by Crippen LogP contribution is 2.29. The van der Waals surface area contributed by atoms with Crippen molar-refractivity contribution in [2.24, 2.45) is 10.4 Å². The van der Waals surface area contributed by atoms with Crippen LogP contribution in [0.5, 0.6) is 0 Å². The van der Waals surface area contributed by atoms with Gasteiger partial charge in [0, 0.05) is 24.1 Å². The largest absolute Gasteiger partial charge is 0.393 e. The second-order valence-electron chi connectivity index (χ2n) is 7.58. The number of thioether (sulfide) groups is 1. The van der Waals surface area contributed by atoms with Crippen molar-refractivity contribution in [1.82, 2.24) is 5.32 Å². The summed E-state index contributed by atoms with van der Waals surface area (Å²) >= 11 is 1.71. The molecule has 5 heteroatoms. The van der Waals surface area contributed by atoms with Crippen molar-refractivity contribution < 1.29 is 9.90 Å². The van der Waals surface area contributed by atoms with Gasteiger partial charge in [0.2, 0.25) is 5.91 Å². The molecule has 136 valence electrons. The summed E-state index contributed by atoms with van der Waals surface area (Å²) in [5.41, 5.74) is 1.21. The Balaban J connectivity index is 2.64. The van der Waals surface area contributed by atoms with Crippen LogP contribution in [0, 0.1) is 5.41 Å². The van der Waals surface area contributed by atoms with Crippen LogP contribution in [0.15, 0.2) is 27.7 Å². The predicted molar refractivity (Wildman–Crippen MR) is 104 cm³/mol. The lowest BCUT2D eigenvalue weighted by molar-refractivity contribution is -0.117. The number of nitrogens with one attached hydrogen (secondary N) is 1. The van der Waals surface area contributed by atoms with Crippen LogP contribution in [-0.2, 0) is 4.79 Å². The van der Waals surface area contributed by atoms with Crippen LogP contribution in [0.4, 0.5) is 0 Å². The SMILES string of the molecule is CC=N/C(SCC(C)(C)C)=C(C)/C=C/C(=O)NC1CCCC(O)C1. The Morgan fingerprint density at radius 1 is 1.33 bits per heavy atom. The van der Waals surface area contributed by atoms with E-state index in [1.54, 1.807) is 24.1 Å². The summed E-state index contributed by atoms with van der Waals surface area (Å²) in [6.45, 7) is 10.5. The average Bonchev–Trinajstić information content (AvgIpc) is 2.48. The van der Waals surface area contributed by atoms with Gasteiger partial charge in [-0.05, 0) is 50.5 Å². The van der Waals surface area contributed by atoms with E-state index in [-0.39, 0.29) is 23.5 Å². The molecule has 24 heavy (non-hydrogen) atoms. The second-order valence-corrected chi connectivity index (χ2v) is 8.55. The number of rotatable bonds is 6. The maximum Gasteiger partial charge on any atom is 0.244 e. The standard InChI is InChI=1S/C19H32N2O2S/c1-6-20-18(24-13-19(3,4)5)14(2)10-11-17(23)21-15-8-7-9-16(22)12-15/h6,10-11,15-16,22H,7-9,12-13H2,1-5H3,(H,21,23)/b11-10+,18-14-,20-6?. The maximum absolute atomic E-state index is 12.1. The molecule has 2 atom stereocenters. The zero-order valence-electron chi connectivity index (χ0n) is 15.6. The molecule has 1 aliphatic rings. The molecule has 1 saturated carbocycles. The molecule has 0 bridgehead atoms. The van der Waals surface area contributed by atoms with E-state index in [2.05, 4.69) is 31.1 Å². The summed E-state index contributed by atoms with van der Waals surface area (Å²) in [7, 11) is 0. The highest BCUT2D eigenvalue weighted by Gasteiger charge is 2.20. The zero-order valence-corrected chi connectivity index (χ0v) is 16.4. The number of nitrogens with zero attached hydrogens (tertiary/aromatic N) is 1. The van der Waals surface area contributed by atoms with E-state index in [9.17, 15) is 9.90 Å².